The van der Waals surface area contributed by atoms with E-state index in [2.05, 4.69) is 20.1 Å². The predicted molar refractivity (Wildman–Crippen MR) is 112 cm³/mol. The topological polar surface area (TPSA) is 112 Å². The molecule has 168 valence electrons. The van der Waals surface area contributed by atoms with Crippen LogP contribution in [0.25, 0.3) is 11.2 Å². The molecule has 3 aromatic heterocycles. The fourth-order valence-corrected chi connectivity index (χ4v) is 3.69. The van der Waals surface area contributed by atoms with E-state index in [9.17, 15) is 18.4 Å². The smallest absolute Gasteiger partial charge is 0.330 e. The van der Waals surface area contributed by atoms with Crippen molar-refractivity contribution >= 4 is 22.8 Å². The van der Waals surface area contributed by atoms with E-state index in [1.807, 2.05) is 6.92 Å². The molecule has 0 aliphatic heterocycles. The van der Waals surface area contributed by atoms with E-state index < -0.39 is 22.9 Å². The number of aromatic amines is 1. The average molecular weight is 465 g/mol. The fraction of sp³-hybridized carbons (Fsp3) is 0.350. The summed E-state index contributed by atoms with van der Waals surface area (Å²) < 4.78 is 34.6. The van der Waals surface area contributed by atoms with Gasteiger partial charge in [-0.3, -0.25) is 14.3 Å². The highest BCUT2D eigenvalue weighted by molar-refractivity contribution is 6.29. The van der Waals surface area contributed by atoms with Crippen LogP contribution >= 0.6 is 11.6 Å². The van der Waals surface area contributed by atoms with Crippen molar-refractivity contribution in [2.75, 3.05) is 0 Å². The Balaban J connectivity index is 1.46. The molecule has 1 aromatic carbocycles. The van der Waals surface area contributed by atoms with E-state index in [0.29, 0.717) is 19.4 Å². The lowest BCUT2D eigenvalue weighted by Gasteiger charge is -2.06. The number of benzene rings is 1. The minimum absolute atomic E-state index is 0.0492. The summed E-state index contributed by atoms with van der Waals surface area (Å²) in [6, 6.07) is 3.28. The molecular weight excluding hydrogens is 446 g/mol. The normalized spacial score (nSPS) is 11.5. The minimum atomic E-state index is -0.687. The lowest BCUT2D eigenvalue weighted by atomic mass is 10.1. The maximum absolute atomic E-state index is 13.8. The van der Waals surface area contributed by atoms with Crippen molar-refractivity contribution in [2.24, 2.45) is 0 Å². The fourth-order valence-electron chi connectivity index (χ4n) is 3.44. The zero-order chi connectivity index (χ0) is 22.8. The van der Waals surface area contributed by atoms with Gasteiger partial charge in [0.05, 0.1) is 0 Å². The summed E-state index contributed by atoms with van der Waals surface area (Å²) in [5.74, 6) is -0.816. The summed E-state index contributed by atoms with van der Waals surface area (Å²) in [7, 11) is 0. The third kappa shape index (κ3) is 4.33. The second-order valence-corrected chi connectivity index (χ2v) is 7.58. The molecule has 32 heavy (non-hydrogen) atoms. The molecule has 0 fully saturated rings. The molecule has 0 saturated carbocycles. The molecule has 0 aliphatic carbocycles. The number of halogens is 3. The van der Waals surface area contributed by atoms with Crippen molar-refractivity contribution in [3.8, 4) is 0 Å². The molecule has 0 atom stereocenters. The van der Waals surface area contributed by atoms with Crippen molar-refractivity contribution in [3.05, 3.63) is 73.2 Å². The first-order valence-electron chi connectivity index (χ1n) is 10.0. The Kier molecular flexibility index (Phi) is 6.17. The zero-order valence-corrected chi connectivity index (χ0v) is 17.8. The number of fused-ring (bicyclic) bond motifs is 1. The first kappa shape index (κ1) is 21.9. The summed E-state index contributed by atoms with van der Waals surface area (Å²) in [6.07, 6.45) is 1.47. The van der Waals surface area contributed by atoms with Gasteiger partial charge in [-0.05, 0) is 36.1 Å². The molecule has 0 radical (unpaired) electrons. The van der Waals surface area contributed by atoms with E-state index in [1.165, 1.54) is 6.07 Å². The molecule has 4 rings (SSSR count). The van der Waals surface area contributed by atoms with E-state index in [1.54, 1.807) is 4.57 Å². The van der Waals surface area contributed by atoms with Gasteiger partial charge in [-0.15, -0.1) is 0 Å². The number of hydrogen-bond acceptors (Lipinski definition) is 6. The number of imidazole rings is 1. The Morgan fingerprint density at radius 3 is 2.72 bits per heavy atom. The van der Waals surface area contributed by atoms with E-state index in [-0.39, 0.29) is 46.7 Å². The Morgan fingerprint density at radius 1 is 1.16 bits per heavy atom. The molecule has 0 amide bonds. The summed E-state index contributed by atoms with van der Waals surface area (Å²) >= 11 is 6.10. The van der Waals surface area contributed by atoms with Gasteiger partial charge in [0.2, 0.25) is 11.2 Å². The SMILES string of the molecule is CCCn1c(Cl)nc2[nH]c(=O)n(CCCc3nc(Cc4ccc(F)cc4F)no3)c(=O)c21. The largest absolute Gasteiger partial charge is 0.339 e. The second kappa shape index (κ2) is 9.03. The van der Waals surface area contributed by atoms with E-state index in [0.717, 1.165) is 23.1 Å². The number of H-pyrrole nitrogens is 1. The molecule has 0 spiro atoms. The molecule has 0 saturated heterocycles. The maximum atomic E-state index is 13.8. The predicted octanol–water partition coefficient (Wildman–Crippen LogP) is 2.83. The Bertz CT molecular complexity index is 1390. The number of hydrogen-bond donors (Lipinski definition) is 1. The van der Waals surface area contributed by atoms with Crippen molar-refractivity contribution in [1.82, 2.24) is 29.2 Å². The molecule has 0 aliphatic rings. The molecule has 9 nitrogen and oxygen atoms in total. The van der Waals surface area contributed by atoms with E-state index >= 15 is 0 Å². The monoisotopic (exact) mass is 464 g/mol. The van der Waals surface area contributed by atoms with Crippen LogP contribution in [-0.4, -0.2) is 29.2 Å². The lowest BCUT2D eigenvalue weighted by Crippen LogP contribution is -2.36. The van der Waals surface area contributed by atoms with Crippen LogP contribution in [0, 0.1) is 11.6 Å². The van der Waals surface area contributed by atoms with Gasteiger partial charge >= 0.3 is 5.69 Å². The highest BCUT2D eigenvalue weighted by Gasteiger charge is 2.17. The van der Waals surface area contributed by atoms with Gasteiger partial charge in [0.1, 0.15) is 11.6 Å². The zero-order valence-electron chi connectivity index (χ0n) is 17.1. The van der Waals surface area contributed by atoms with Crippen molar-refractivity contribution in [2.45, 2.75) is 45.7 Å². The van der Waals surface area contributed by atoms with Gasteiger partial charge in [0.25, 0.3) is 5.56 Å². The van der Waals surface area contributed by atoms with Gasteiger partial charge in [-0.25, -0.2) is 13.6 Å². The van der Waals surface area contributed by atoms with Gasteiger partial charge in [0, 0.05) is 32.0 Å². The summed E-state index contributed by atoms with van der Waals surface area (Å²) in [4.78, 5) is 36.0. The second-order valence-electron chi connectivity index (χ2n) is 7.24. The highest BCUT2D eigenvalue weighted by atomic mass is 35.5. The number of nitrogens with zero attached hydrogens (tertiary/aromatic N) is 5. The van der Waals surface area contributed by atoms with Crippen LogP contribution in [0.5, 0.6) is 0 Å². The maximum Gasteiger partial charge on any atom is 0.330 e. The molecule has 0 unspecified atom stereocenters. The van der Waals surface area contributed by atoms with Crippen LogP contribution in [0.1, 0.15) is 37.0 Å². The minimum Gasteiger partial charge on any atom is -0.339 e. The van der Waals surface area contributed by atoms with Gasteiger partial charge < -0.3 is 9.09 Å². The van der Waals surface area contributed by atoms with Crippen molar-refractivity contribution in [1.29, 1.82) is 0 Å². The van der Waals surface area contributed by atoms with Crippen molar-refractivity contribution < 1.29 is 13.3 Å². The van der Waals surface area contributed by atoms with Crippen LogP contribution in [-0.2, 0) is 25.9 Å². The molecule has 0 bridgehead atoms. The molecule has 12 heteroatoms. The molecule has 3 heterocycles. The molecular formula is C20H19ClF2N6O3. The van der Waals surface area contributed by atoms with Crippen LogP contribution in [0.2, 0.25) is 5.28 Å². The Morgan fingerprint density at radius 2 is 1.97 bits per heavy atom. The summed E-state index contributed by atoms with van der Waals surface area (Å²) in [5, 5.41) is 3.94. The quantitative estimate of drug-likeness (QED) is 0.401. The summed E-state index contributed by atoms with van der Waals surface area (Å²) in [6.45, 7) is 2.55. The van der Waals surface area contributed by atoms with Crippen LogP contribution in [0.4, 0.5) is 8.78 Å². The third-order valence-electron chi connectivity index (χ3n) is 4.93. The van der Waals surface area contributed by atoms with Gasteiger partial charge in [-0.1, -0.05) is 18.1 Å². The Labute approximate surface area is 184 Å². The van der Waals surface area contributed by atoms with Crippen LogP contribution in [0.3, 0.4) is 0 Å². The molecule has 4 aromatic rings. The Hall–Kier alpha value is -3.34. The number of nitrogens with one attached hydrogen (secondary N) is 1. The number of rotatable bonds is 8. The first-order chi connectivity index (χ1) is 15.4. The summed E-state index contributed by atoms with van der Waals surface area (Å²) in [5.41, 5.74) is -0.414. The van der Waals surface area contributed by atoms with Crippen LogP contribution < -0.4 is 11.2 Å². The molecule has 1 N–H and O–H groups in total. The first-order valence-corrected chi connectivity index (χ1v) is 10.4. The number of aryl methyl sites for hydroxylation is 2. The van der Waals surface area contributed by atoms with Gasteiger partial charge in [-0.2, -0.15) is 9.97 Å². The average Bonchev–Trinajstić information content (AvgIpc) is 3.31. The van der Waals surface area contributed by atoms with Gasteiger partial charge in [0.15, 0.2) is 17.0 Å². The van der Waals surface area contributed by atoms with Crippen molar-refractivity contribution in [3.63, 3.8) is 0 Å². The lowest BCUT2D eigenvalue weighted by molar-refractivity contribution is 0.367. The van der Waals surface area contributed by atoms with Crippen LogP contribution in [0.15, 0.2) is 32.3 Å². The third-order valence-corrected chi connectivity index (χ3v) is 5.22. The standard InChI is InChI=1S/C20H19ClF2N6O3/c1-2-7-28-16-17(25-19(28)21)26-20(31)29(18(16)30)8-3-4-15-24-14(27-32-15)9-11-5-6-12(22)10-13(11)23/h5-6,10H,2-4,7-9H2,1H3,(H,26,31). The highest BCUT2D eigenvalue weighted by Crippen LogP contribution is 2.15. The van der Waals surface area contributed by atoms with E-state index in [4.69, 9.17) is 16.1 Å². The number of aromatic nitrogens is 6.